The van der Waals surface area contributed by atoms with Crippen molar-refractivity contribution in [3.8, 4) is 23.0 Å². The van der Waals surface area contributed by atoms with E-state index in [4.69, 9.17) is 4.42 Å². The van der Waals surface area contributed by atoms with Crippen molar-refractivity contribution in [3.63, 3.8) is 0 Å². The number of aromatic hydroxyl groups is 2. The van der Waals surface area contributed by atoms with Crippen LogP contribution in [-0.2, 0) is 9.84 Å². The van der Waals surface area contributed by atoms with E-state index in [1.54, 1.807) is 30.3 Å². The number of sulfone groups is 1. The molecular formula is C19H12N2O7S. The van der Waals surface area contributed by atoms with E-state index in [-0.39, 0.29) is 16.4 Å². The fourth-order valence-electron chi connectivity index (χ4n) is 2.92. The Morgan fingerprint density at radius 1 is 1.00 bits per heavy atom. The first-order valence-electron chi connectivity index (χ1n) is 8.20. The molecule has 4 rings (SSSR count). The summed E-state index contributed by atoms with van der Waals surface area (Å²) in [4.78, 5) is 14.0. The molecule has 0 spiro atoms. The smallest absolute Gasteiger partial charge is 0.328 e. The fraction of sp³-hybridized carbons (Fsp3) is 0. The third kappa shape index (κ3) is 2.95. The Bertz CT molecular complexity index is 1330. The Labute approximate surface area is 163 Å². The van der Waals surface area contributed by atoms with Gasteiger partial charge in [-0.3, -0.25) is 10.1 Å². The van der Waals surface area contributed by atoms with Crippen molar-refractivity contribution in [2.45, 2.75) is 9.79 Å². The number of hydrogen-bond acceptors (Lipinski definition) is 8. The molecule has 0 aliphatic heterocycles. The number of rotatable bonds is 4. The van der Waals surface area contributed by atoms with E-state index in [0.29, 0.717) is 5.52 Å². The highest BCUT2D eigenvalue weighted by Gasteiger charge is 2.36. The number of aromatic nitrogens is 1. The van der Waals surface area contributed by atoms with Crippen LogP contribution in [0.5, 0.6) is 11.5 Å². The van der Waals surface area contributed by atoms with Gasteiger partial charge in [0.1, 0.15) is 11.1 Å². The van der Waals surface area contributed by atoms with Gasteiger partial charge >= 0.3 is 5.69 Å². The summed E-state index contributed by atoms with van der Waals surface area (Å²) < 4.78 is 31.9. The molecule has 0 amide bonds. The first-order chi connectivity index (χ1) is 13.8. The SMILES string of the molecule is O=[N+]([O-])c1c(O)c(O)cc(S(=O)(=O)c2ccccc2)c1-c1nc2ccccc2o1. The summed E-state index contributed by atoms with van der Waals surface area (Å²) in [5.41, 5.74) is -0.962. The van der Waals surface area contributed by atoms with Gasteiger partial charge in [-0.2, -0.15) is 0 Å². The number of nitro groups is 1. The lowest BCUT2D eigenvalue weighted by Gasteiger charge is -2.11. The zero-order valence-electron chi connectivity index (χ0n) is 14.5. The Kier molecular flexibility index (Phi) is 4.20. The highest BCUT2D eigenvalue weighted by Crippen LogP contribution is 2.48. The molecule has 29 heavy (non-hydrogen) atoms. The van der Waals surface area contributed by atoms with Crippen LogP contribution in [0.25, 0.3) is 22.6 Å². The third-order valence-corrected chi connectivity index (χ3v) is 6.05. The third-order valence-electron chi connectivity index (χ3n) is 4.25. The number of phenols is 2. The lowest BCUT2D eigenvalue weighted by molar-refractivity contribution is -0.385. The second kappa shape index (κ2) is 6.60. The highest BCUT2D eigenvalue weighted by atomic mass is 32.2. The van der Waals surface area contributed by atoms with E-state index in [1.165, 1.54) is 24.3 Å². The number of nitro benzene ring substituents is 1. The summed E-state index contributed by atoms with van der Waals surface area (Å²) in [6.07, 6.45) is 0. The fourth-order valence-corrected chi connectivity index (χ4v) is 4.41. The maximum absolute atomic E-state index is 13.2. The molecule has 9 nitrogen and oxygen atoms in total. The van der Waals surface area contributed by atoms with Gasteiger partial charge in [0.25, 0.3) is 0 Å². The van der Waals surface area contributed by atoms with Gasteiger partial charge < -0.3 is 14.6 Å². The van der Waals surface area contributed by atoms with Crippen molar-refractivity contribution in [2.75, 3.05) is 0 Å². The molecule has 146 valence electrons. The van der Waals surface area contributed by atoms with E-state index < -0.39 is 42.4 Å². The molecule has 2 N–H and O–H groups in total. The number of para-hydroxylation sites is 2. The zero-order valence-corrected chi connectivity index (χ0v) is 15.3. The van der Waals surface area contributed by atoms with E-state index >= 15 is 0 Å². The van der Waals surface area contributed by atoms with Crippen molar-refractivity contribution in [3.05, 3.63) is 70.8 Å². The Balaban J connectivity index is 2.13. The molecule has 10 heteroatoms. The average Bonchev–Trinajstić information content (AvgIpc) is 3.13. The van der Waals surface area contributed by atoms with Crippen LogP contribution in [0.3, 0.4) is 0 Å². The van der Waals surface area contributed by atoms with Crippen LogP contribution in [0, 0.1) is 10.1 Å². The number of benzene rings is 3. The Morgan fingerprint density at radius 3 is 2.31 bits per heavy atom. The summed E-state index contributed by atoms with van der Waals surface area (Å²) in [6.45, 7) is 0. The minimum Gasteiger partial charge on any atom is -0.504 e. The first-order valence-corrected chi connectivity index (χ1v) is 9.68. The van der Waals surface area contributed by atoms with Gasteiger partial charge in [0.15, 0.2) is 11.3 Å². The topological polar surface area (TPSA) is 144 Å². The quantitative estimate of drug-likeness (QED) is 0.294. The maximum Gasteiger partial charge on any atom is 0.328 e. The average molecular weight is 412 g/mol. The van der Waals surface area contributed by atoms with Gasteiger partial charge in [0.05, 0.1) is 14.7 Å². The van der Waals surface area contributed by atoms with Crippen molar-refractivity contribution >= 4 is 26.6 Å². The Hall–Kier alpha value is -3.92. The van der Waals surface area contributed by atoms with E-state index in [1.807, 2.05) is 0 Å². The van der Waals surface area contributed by atoms with E-state index in [9.17, 15) is 28.7 Å². The standard InChI is InChI=1S/C19H12N2O7S/c22-13-10-15(29(26,27)11-6-2-1-3-7-11)16(17(18(13)23)21(24)25)19-20-12-8-4-5-9-14(12)28-19/h1-10,22-23H. The van der Waals surface area contributed by atoms with Crippen LogP contribution in [0.2, 0.25) is 0 Å². The van der Waals surface area contributed by atoms with E-state index in [2.05, 4.69) is 4.98 Å². The van der Waals surface area contributed by atoms with Crippen molar-refractivity contribution < 1.29 is 28.0 Å². The minimum atomic E-state index is -4.33. The van der Waals surface area contributed by atoms with Gasteiger partial charge in [-0.15, -0.1) is 0 Å². The summed E-state index contributed by atoms with van der Waals surface area (Å²) in [5, 5.41) is 31.7. The highest BCUT2D eigenvalue weighted by molar-refractivity contribution is 7.91. The summed E-state index contributed by atoms with van der Waals surface area (Å²) in [6, 6.07) is 14.4. The van der Waals surface area contributed by atoms with Crippen LogP contribution in [0.1, 0.15) is 0 Å². The van der Waals surface area contributed by atoms with Crippen LogP contribution in [0.15, 0.2) is 74.9 Å². The first kappa shape index (κ1) is 18.4. The van der Waals surface area contributed by atoms with Gasteiger partial charge in [-0.25, -0.2) is 13.4 Å². The molecule has 0 atom stereocenters. The second-order valence-electron chi connectivity index (χ2n) is 6.03. The summed E-state index contributed by atoms with van der Waals surface area (Å²) in [5.74, 6) is -2.41. The zero-order chi connectivity index (χ0) is 20.8. The molecule has 0 fully saturated rings. The molecule has 0 unspecified atom stereocenters. The second-order valence-corrected chi connectivity index (χ2v) is 7.94. The van der Waals surface area contributed by atoms with Crippen molar-refractivity contribution in [1.82, 2.24) is 4.98 Å². The molecule has 0 aliphatic carbocycles. The molecule has 1 heterocycles. The van der Waals surface area contributed by atoms with Crippen LogP contribution in [-0.4, -0.2) is 28.5 Å². The molecule has 0 aliphatic rings. The Morgan fingerprint density at radius 2 is 1.66 bits per heavy atom. The lowest BCUT2D eigenvalue weighted by Crippen LogP contribution is -2.06. The predicted molar refractivity (Wildman–Crippen MR) is 101 cm³/mol. The van der Waals surface area contributed by atoms with Crippen molar-refractivity contribution in [1.29, 1.82) is 0 Å². The van der Waals surface area contributed by atoms with Crippen LogP contribution >= 0.6 is 0 Å². The predicted octanol–water partition coefficient (Wildman–Crippen LogP) is 3.65. The van der Waals surface area contributed by atoms with Gasteiger partial charge in [0.2, 0.25) is 21.5 Å². The van der Waals surface area contributed by atoms with Crippen LogP contribution < -0.4 is 0 Å². The van der Waals surface area contributed by atoms with Crippen molar-refractivity contribution in [2.24, 2.45) is 0 Å². The molecule has 0 saturated carbocycles. The van der Waals surface area contributed by atoms with Gasteiger partial charge in [-0.1, -0.05) is 30.3 Å². The van der Waals surface area contributed by atoms with Gasteiger partial charge in [-0.05, 0) is 24.3 Å². The van der Waals surface area contributed by atoms with Crippen LogP contribution in [0.4, 0.5) is 5.69 Å². The minimum absolute atomic E-state index is 0.156. The normalized spacial score (nSPS) is 11.6. The van der Waals surface area contributed by atoms with Gasteiger partial charge in [0, 0.05) is 6.07 Å². The molecular weight excluding hydrogens is 400 g/mol. The number of phenolic OH excluding ortho intramolecular Hbond substituents is 2. The largest absolute Gasteiger partial charge is 0.504 e. The molecule has 0 saturated heterocycles. The molecule has 4 aromatic rings. The number of oxazole rings is 1. The molecule has 1 aromatic heterocycles. The lowest BCUT2D eigenvalue weighted by atomic mass is 10.1. The maximum atomic E-state index is 13.2. The molecule has 0 radical (unpaired) electrons. The summed E-state index contributed by atoms with van der Waals surface area (Å²) in [7, 11) is -4.33. The number of fused-ring (bicyclic) bond motifs is 1. The summed E-state index contributed by atoms with van der Waals surface area (Å²) >= 11 is 0. The molecule has 0 bridgehead atoms. The molecule has 3 aromatic carbocycles. The monoisotopic (exact) mass is 412 g/mol. The van der Waals surface area contributed by atoms with E-state index in [0.717, 1.165) is 6.07 Å². The number of hydrogen-bond donors (Lipinski definition) is 2. The number of nitrogens with zero attached hydrogens (tertiary/aromatic N) is 2.